The summed E-state index contributed by atoms with van der Waals surface area (Å²) in [4.78, 5) is 0. The standard InChI is InChI=1S/C11H25N/c1-4-10(2)7-5-6-8-11(3)9-12/h10-11H,4-9,12H2,1-3H3. The third-order valence-corrected chi connectivity index (χ3v) is 2.74. The van der Waals surface area contributed by atoms with Crippen LogP contribution in [0.5, 0.6) is 0 Å². The molecular formula is C11H25N. The molecule has 0 radical (unpaired) electrons. The predicted octanol–water partition coefficient (Wildman–Crippen LogP) is 3.19. The smallest absolute Gasteiger partial charge is 0.00515 e. The van der Waals surface area contributed by atoms with Crippen molar-refractivity contribution in [3.63, 3.8) is 0 Å². The molecule has 1 heteroatoms. The molecule has 0 aromatic rings. The average molecular weight is 171 g/mol. The van der Waals surface area contributed by atoms with Crippen molar-refractivity contribution >= 4 is 0 Å². The lowest BCUT2D eigenvalue weighted by Crippen LogP contribution is -2.10. The van der Waals surface area contributed by atoms with E-state index in [1.54, 1.807) is 0 Å². The Labute approximate surface area is 77.7 Å². The Morgan fingerprint density at radius 1 is 1.00 bits per heavy atom. The second kappa shape index (κ2) is 7.60. The molecule has 0 saturated carbocycles. The number of unbranched alkanes of at least 4 members (excludes halogenated alkanes) is 1. The first kappa shape index (κ1) is 12.0. The lowest BCUT2D eigenvalue weighted by Gasteiger charge is -2.10. The maximum absolute atomic E-state index is 5.54. The first-order chi connectivity index (χ1) is 5.70. The molecule has 2 unspecified atom stereocenters. The van der Waals surface area contributed by atoms with Crippen LogP contribution in [0.3, 0.4) is 0 Å². The molecule has 2 N–H and O–H groups in total. The van der Waals surface area contributed by atoms with Crippen molar-refractivity contribution in [3.8, 4) is 0 Å². The van der Waals surface area contributed by atoms with Crippen LogP contribution in [0.25, 0.3) is 0 Å². The van der Waals surface area contributed by atoms with Gasteiger partial charge in [-0.05, 0) is 24.8 Å². The lowest BCUT2D eigenvalue weighted by atomic mass is 9.98. The highest BCUT2D eigenvalue weighted by Crippen LogP contribution is 2.14. The third kappa shape index (κ3) is 6.66. The third-order valence-electron chi connectivity index (χ3n) is 2.74. The predicted molar refractivity (Wildman–Crippen MR) is 56.1 cm³/mol. The van der Waals surface area contributed by atoms with Gasteiger partial charge in [0.15, 0.2) is 0 Å². The van der Waals surface area contributed by atoms with Crippen LogP contribution in [0.1, 0.15) is 52.9 Å². The van der Waals surface area contributed by atoms with E-state index in [-0.39, 0.29) is 0 Å². The van der Waals surface area contributed by atoms with Gasteiger partial charge in [-0.2, -0.15) is 0 Å². The molecule has 0 spiro atoms. The van der Waals surface area contributed by atoms with Gasteiger partial charge < -0.3 is 5.73 Å². The Bertz CT molecular complexity index is 79.0. The van der Waals surface area contributed by atoms with E-state index < -0.39 is 0 Å². The molecule has 12 heavy (non-hydrogen) atoms. The summed E-state index contributed by atoms with van der Waals surface area (Å²) in [6, 6.07) is 0. The number of nitrogens with two attached hydrogens (primary N) is 1. The van der Waals surface area contributed by atoms with E-state index in [2.05, 4.69) is 20.8 Å². The largest absolute Gasteiger partial charge is 0.330 e. The fraction of sp³-hybridized carbons (Fsp3) is 1.00. The minimum absolute atomic E-state index is 0.724. The molecule has 0 aromatic carbocycles. The summed E-state index contributed by atoms with van der Waals surface area (Å²) in [5.74, 6) is 1.64. The van der Waals surface area contributed by atoms with Gasteiger partial charge in [0.05, 0.1) is 0 Å². The van der Waals surface area contributed by atoms with Gasteiger partial charge in [-0.25, -0.2) is 0 Å². The normalized spacial score (nSPS) is 16.0. The van der Waals surface area contributed by atoms with E-state index >= 15 is 0 Å². The van der Waals surface area contributed by atoms with Crippen molar-refractivity contribution in [2.45, 2.75) is 52.9 Å². The molecule has 0 rings (SSSR count). The Hall–Kier alpha value is -0.0400. The van der Waals surface area contributed by atoms with E-state index in [1.165, 1.54) is 32.1 Å². The van der Waals surface area contributed by atoms with Crippen molar-refractivity contribution in [1.29, 1.82) is 0 Å². The van der Waals surface area contributed by atoms with E-state index in [1.807, 2.05) is 0 Å². The molecule has 0 amide bonds. The summed E-state index contributed by atoms with van der Waals surface area (Å²) in [5.41, 5.74) is 5.54. The Morgan fingerprint density at radius 3 is 1.92 bits per heavy atom. The fourth-order valence-electron chi connectivity index (χ4n) is 1.31. The SMILES string of the molecule is CCC(C)CCCCC(C)CN. The molecule has 0 aliphatic rings. The zero-order valence-corrected chi connectivity index (χ0v) is 8.97. The Balaban J connectivity index is 3.10. The summed E-state index contributed by atoms with van der Waals surface area (Å²) >= 11 is 0. The molecule has 0 saturated heterocycles. The zero-order chi connectivity index (χ0) is 9.40. The van der Waals surface area contributed by atoms with Gasteiger partial charge in [-0.1, -0.05) is 46.5 Å². The topological polar surface area (TPSA) is 26.0 Å². The maximum atomic E-state index is 5.54. The van der Waals surface area contributed by atoms with E-state index in [0.29, 0.717) is 0 Å². The highest BCUT2D eigenvalue weighted by Gasteiger charge is 2.00. The van der Waals surface area contributed by atoms with E-state index in [4.69, 9.17) is 5.73 Å². The van der Waals surface area contributed by atoms with Crippen LogP contribution < -0.4 is 5.73 Å². The lowest BCUT2D eigenvalue weighted by molar-refractivity contribution is 0.445. The zero-order valence-electron chi connectivity index (χ0n) is 8.97. The molecule has 2 atom stereocenters. The second-order valence-electron chi connectivity index (χ2n) is 4.14. The summed E-state index contributed by atoms with van der Waals surface area (Å²) in [7, 11) is 0. The van der Waals surface area contributed by atoms with Gasteiger partial charge in [-0.15, -0.1) is 0 Å². The first-order valence-electron chi connectivity index (χ1n) is 5.40. The molecule has 0 heterocycles. The van der Waals surface area contributed by atoms with Crippen molar-refractivity contribution in [3.05, 3.63) is 0 Å². The molecule has 0 fully saturated rings. The van der Waals surface area contributed by atoms with Crippen LogP contribution >= 0.6 is 0 Å². The van der Waals surface area contributed by atoms with E-state index in [9.17, 15) is 0 Å². The van der Waals surface area contributed by atoms with Crippen LogP contribution in [0.15, 0.2) is 0 Å². The van der Waals surface area contributed by atoms with Crippen LogP contribution in [-0.4, -0.2) is 6.54 Å². The molecule has 0 aromatic heterocycles. The Kier molecular flexibility index (Phi) is 7.58. The number of hydrogen-bond donors (Lipinski definition) is 1. The van der Waals surface area contributed by atoms with Gasteiger partial charge in [0.2, 0.25) is 0 Å². The van der Waals surface area contributed by atoms with Gasteiger partial charge in [-0.3, -0.25) is 0 Å². The minimum atomic E-state index is 0.724. The van der Waals surface area contributed by atoms with Gasteiger partial charge in [0.1, 0.15) is 0 Å². The molecule has 0 aliphatic carbocycles. The Morgan fingerprint density at radius 2 is 1.50 bits per heavy atom. The summed E-state index contributed by atoms with van der Waals surface area (Å²) in [6.07, 6.45) is 6.79. The second-order valence-corrected chi connectivity index (χ2v) is 4.14. The molecule has 0 aliphatic heterocycles. The van der Waals surface area contributed by atoms with Crippen molar-refractivity contribution in [1.82, 2.24) is 0 Å². The molecule has 0 bridgehead atoms. The molecule has 1 nitrogen and oxygen atoms in total. The highest BCUT2D eigenvalue weighted by atomic mass is 14.5. The van der Waals surface area contributed by atoms with Crippen LogP contribution in [0.4, 0.5) is 0 Å². The van der Waals surface area contributed by atoms with Crippen molar-refractivity contribution in [2.24, 2.45) is 17.6 Å². The number of rotatable bonds is 7. The van der Waals surface area contributed by atoms with E-state index in [0.717, 1.165) is 18.4 Å². The van der Waals surface area contributed by atoms with Gasteiger partial charge >= 0.3 is 0 Å². The first-order valence-corrected chi connectivity index (χ1v) is 5.40. The number of hydrogen-bond acceptors (Lipinski definition) is 1. The highest BCUT2D eigenvalue weighted by molar-refractivity contribution is 4.55. The van der Waals surface area contributed by atoms with Crippen LogP contribution in [0, 0.1) is 11.8 Å². The van der Waals surface area contributed by atoms with Crippen molar-refractivity contribution in [2.75, 3.05) is 6.54 Å². The quantitative estimate of drug-likeness (QED) is 0.585. The maximum Gasteiger partial charge on any atom is -0.00515 e. The average Bonchev–Trinajstić information content (AvgIpc) is 2.11. The summed E-state index contributed by atoms with van der Waals surface area (Å²) in [6.45, 7) is 7.70. The summed E-state index contributed by atoms with van der Waals surface area (Å²) < 4.78 is 0. The van der Waals surface area contributed by atoms with Gasteiger partial charge in [0.25, 0.3) is 0 Å². The van der Waals surface area contributed by atoms with Crippen LogP contribution in [-0.2, 0) is 0 Å². The fourth-order valence-corrected chi connectivity index (χ4v) is 1.31. The molecular weight excluding hydrogens is 146 g/mol. The minimum Gasteiger partial charge on any atom is -0.330 e. The van der Waals surface area contributed by atoms with Gasteiger partial charge in [0, 0.05) is 0 Å². The monoisotopic (exact) mass is 171 g/mol. The van der Waals surface area contributed by atoms with Crippen molar-refractivity contribution < 1.29 is 0 Å². The summed E-state index contributed by atoms with van der Waals surface area (Å²) in [5, 5.41) is 0. The van der Waals surface area contributed by atoms with Crippen LogP contribution in [0.2, 0.25) is 0 Å². The molecule has 74 valence electrons.